The van der Waals surface area contributed by atoms with Crippen LogP contribution >= 0.6 is 11.3 Å². The number of benzene rings is 2. The minimum atomic E-state index is -1.30. The summed E-state index contributed by atoms with van der Waals surface area (Å²) in [6.45, 7) is 1.56. The lowest BCUT2D eigenvalue weighted by atomic mass is 10.0. The number of hydrogen-bond acceptors (Lipinski definition) is 6. The third kappa shape index (κ3) is 4.05. The zero-order valence-corrected chi connectivity index (χ0v) is 18.3. The number of carbonyl (C=O) groups is 3. The minimum Gasteiger partial charge on any atom is -0.496 e. The summed E-state index contributed by atoms with van der Waals surface area (Å²) in [7, 11) is 1.44. The van der Waals surface area contributed by atoms with E-state index in [2.05, 4.69) is 0 Å². The Morgan fingerprint density at radius 3 is 2.67 bits per heavy atom. The van der Waals surface area contributed by atoms with Gasteiger partial charge in [0.25, 0.3) is 5.91 Å². The second kappa shape index (κ2) is 8.62. The monoisotopic (exact) mass is 473 g/mol. The molecule has 1 N–H and O–H groups in total. The van der Waals surface area contributed by atoms with Crippen LogP contribution in [0.3, 0.4) is 0 Å². The van der Waals surface area contributed by atoms with Crippen molar-refractivity contribution < 1.29 is 37.7 Å². The van der Waals surface area contributed by atoms with Crippen LogP contribution in [0, 0.1) is 18.6 Å². The van der Waals surface area contributed by atoms with Crippen LogP contribution in [0.5, 0.6) is 11.5 Å². The number of nitrogens with zero attached hydrogens (tertiary/aromatic N) is 1. The number of aromatic carboxylic acids is 1. The highest BCUT2D eigenvalue weighted by molar-refractivity contribution is 7.12. The van der Waals surface area contributed by atoms with Crippen molar-refractivity contribution in [2.24, 2.45) is 0 Å². The van der Waals surface area contributed by atoms with Gasteiger partial charge < -0.3 is 14.6 Å². The molecule has 3 aromatic rings. The van der Waals surface area contributed by atoms with Crippen molar-refractivity contribution in [3.63, 3.8) is 0 Å². The Kier molecular flexibility index (Phi) is 5.86. The minimum absolute atomic E-state index is 0.116. The zero-order chi connectivity index (χ0) is 23.9. The smallest absolute Gasteiger partial charge is 0.346 e. The Balaban J connectivity index is 1.66. The van der Waals surface area contributed by atoms with Crippen LogP contribution in [-0.2, 0) is 17.8 Å². The van der Waals surface area contributed by atoms with Crippen molar-refractivity contribution in [2.75, 3.05) is 12.0 Å². The van der Waals surface area contributed by atoms with Crippen LogP contribution in [0.25, 0.3) is 0 Å². The molecule has 0 saturated carbocycles. The molecule has 0 spiro atoms. The van der Waals surface area contributed by atoms with Crippen LogP contribution in [-0.4, -0.2) is 30.0 Å². The van der Waals surface area contributed by atoms with Crippen LogP contribution in [0.1, 0.15) is 36.7 Å². The molecule has 0 fully saturated rings. The average Bonchev–Trinajstić information content (AvgIpc) is 3.18. The maximum Gasteiger partial charge on any atom is 0.346 e. The first kappa shape index (κ1) is 22.4. The fraction of sp³-hybridized carbons (Fsp3) is 0.174. The summed E-state index contributed by atoms with van der Waals surface area (Å²) in [4.78, 5) is 37.5. The number of halogens is 2. The summed E-state index contributed by atoms with van der Waals surface area (Å²) in [5.41, 5.74) is 0.794. The summed E-state index contributed by atoms with van der Waals surface area (Å²) >= 11 is 0.835. The lowest BCUT2D eigenvalue weighted by molar-refractivity contribution is -0.117. The van der Waals surface area contributed by atoms with Crippen molar-refractivity contribution in [1.82, 2.24) is 0 Å². The van der Waals surface area contributed by atoms with E-state index in [0.717, 1.165) is 17.4 Å². The number of carboxylic acids is 1. The predicted octanol–water partition coefficient (Wildman–Crippen LogP) is 4.35. The van der Waals surface area contributed by atoms with Crippen molar-refractivity contribution >= 4 is 34.8 Å². The number of fused-ring (bicyclic) bond motifs is 1. The van der Waals surface area contributed by atoms with Crippen molar-refractivity contribution in [1.29, 1.82) is 0 Å². The Morgan fingerprint density at radius 1 is 1.21 bits per heavy atom. The number of carboxylic acid groups (broad SMARTS) is 1. The Hall–Kier alpha value is -3.79. The summed E-state index contributed by atoms with van der Waals surface area (Å²) < 4.78 is 39.4. The van der Waals surface area contributed by atoms with Gasteiger partial charge in [-0.3, -0.25) is 9.59 Å². The summed E-state index contributed by atoms with van der Waals surface area (Å²) in [5.74, 6) is -3.70. The number of amides is 2. The van der Waals surface area contributed by atoms with Crippen molar-refractivity contribution in [3.05, 3.63) is 74.5 Å². The molecule has 0 saturated heterocycles. The molecule has 0 atom stereocenters. The van der Waals surface area contributed by atoms with Crippen LogP contribution in [0.15, 0.2) is 35.7 Å². The normalized spacial score (nSPS) is 13.2. The SMILES string of the molecule is COc1c(C)cc(F)cc1COc1ccc(F)c(N2C(=O)Cc3csc(C(=O)O)c3C2=O)c1. The number of rotatable bonds is 6. The molecular formula is C23H17F2NO6S. The van der Waals surface area contributed by atoms with Gasteiger partial charge in [-0.05, 0) is 47.7 Å². The molecule has 1 aliphatic rings. The maximum atomic E-state index is 14.7. The molecule has 0 unspecified atom stereocenters. The topological polar surface area (TPSA) is 93.1 Å². The zero-order valence-electron chi connectivity index (χ0n) is 17.5. The molecular weight excluding hydrogens is 456 g/mol. The molecule has 0 radical (unpaired) electrons. The van der Waals surface area contributed by atoms with Crippen molar-refractivity contribution in [3.8, 4) is 11.5 Å². The van der Waals surface area contributed by atoms with E-state index in [1.807, 2.05) is 0 Å². The molecule has 4 rings (SSSR count). The van der Waals surface area contributed by atoms with E-state index >= 15 is 0 Å². The van der Waals surface area contributed by atoms with Crippen LogP contribution in [0.2, 0.25) is 0 Å². The quantitative estimate of drug-likeness (QED) is 0.535. The van der Waals surface area contributed by atoms with Crippen molar-refractivity contribution in [2.45, 2.75) is 20.0 Å². The number of methoxy groups -OCH3 is 1. The Bertz CT molecular complexity index is 1300. The number of carbonyl (C=O) groups excluding carboxylic acids is 2. The van der Waals surface area contributed by atoms with E-state index in [4.69, 9.17) is 9.47 Å². The van der Waals surface area contributed by atoms with E-state index in [1.54, 1.807) is 6.92 Å². The lowest BCUT2D eigenvalue weighted by Crippen LogP contribution is -2.43. The second-order valence-electron chi connectivity index (χ2n) is 7.30. The molecule has 2 amide bonds. The van der Waals surface area contributed by atoms with Gasteiger partial charge in [0.05, 0.1) is 24.8 Å². The molecule has 1 aromatic heterocycles. The largest absolute Gasteiger partial charge is 0.496 e. The fourth-order valence-corrected chi connectivity index (χ4v) is 4.64. The number of aryl methyl sites for hydroxylation is 1. The average molecular weight is 473 g/mol. The van der Waals surface area contributed by atoms with Gasteiger partial charge in [-0.25, -0.2) is 18.5 Å². The maximum absolute atomic E-state index is 14.7. The molecule has 1 aliphatic heterocycles. The highest BCUT2D eigenvalue weighted by Crippen LogP contribution is 2.35. The fourth-order valence-electron chi connectivity index (χ4n) is 3.74. The molecule has 2 heterocycles. The van der Waals surface area contributed by atoms with E-state index in [1.165, 1.54) is 36.8 Å². The first-order valence-corrected chi connectivity index (χ1v) is 10.6. The Labute approximate surface area is 190 Å². The summed E-state index contributed by atoms with van der Waals surface area (Å²) in [5, 5.41) is 10.8. The standard InChI is InChI=1S/C23H17F2NO6S/c1-11-5-14(24)6-12(20(11)31-2)9-32-15-3-4-16(25)17(8-15)26-18(27)7-13-10-33-21(23(29)30)19(13)22(26)28/h3-6,8,10H,7,9H2,1-2H3,(H,29,30). The third-order valence-corrected chi connectivity index (χ3v) is 6.16. The molecule has 0 bridgehead atoms. The van der Waals surface area contributed by atoms with Gasteiger partial charge in [0.2, 0.25) is 5.91 Å². The van der Waals surface area contributed by atoms with E-state index in [9.17, 15) is 28.3 Å². The molecule has 10 heteroatoms. The van der Waals surface area contributed by atoms with Gasteiger partial charge in [0.1, 0.15) is 34.6 Å². The van der Waals surface area contributed by atoms with E-state index < -0.39 is 29.4 Å². The molecule has 7 nitrogen and oxygen atoms in total. The molecule has 0 aliphatic carbocycles. The highest BCUT2D eigenvalue weighted by Gasteiger charge is 2.38. The van der Waals surface area contributed by atoms with Gasteiger partial charge in [-0.1, -0.05) is 0 Å². The Morgan fingerprint density at radius 2 is 1.97 bits per heavy atom. The van der Waals surface area contributed by atoms with Gasteiger partial charge >= 0.3 is 5.97 Å². The van der Waals surface area contributed by atoms with Gasteiger partial charge in [0.15, 0.2) is 0 Å². The van der Waals surface area contributed by atoms with Crippen LogP contribution < -0.4 is 14.4 Å². The van der Waals surface area contributed by atoms with Gasteiger partial charge in [-0.15, -0.1) is 11.3 Å². The summed E-state index contributed by atoms with van der Waals surface area (Å²) in [6.07, 6.45) is -0.241. The summed E-state index contributed by atoms with van der Waals surface area (Å²) in [6, 6.07) is 6.06. The molecule has 33 heavy (non-hydrogen) atoms. The van der Waals surface area contributed by atoms with Gasteiger partial charge in [-0.2, -0.15) is 0 Å². The van der Waals surface area contributed by atoms with E-state index in [-0.39, 0.29) is 34.9 Å². The lowest BCUT2D eigenvalue weighted by Gasteiger charge is -2.26. The highest BCUT2D eigenvalue weighted by atomic mass is 32.1. The van der Waals surface area contributed by atoms with Crippen LogP contribution in [0.4, 0.5) is 14.5 Å². The van der Waals surface area contributed by atoms with Gasteiger partial charge in [0, 0.05) is 11.6 Å². The number of imide groups is 1. The number of ether oxygens (including phenoxy) is 2. The molecule has 170 valence electrons. The second-order valence-corrected chi connectivity index (χ2v) is 8.18. The number of thiophene rings is 1. The van der Waals surface area contributed by atoms with E-state index in [0.29, 0.717) is 27.3 Å². The number of hydrogen-bond donors (Lipinski definition) is 1. The first-order chi connectivity index (χ1) is 15.7. The molecule has 2 aromatic carbocycles. The number of anilines is 1. The predicted molar refractivity (Wildman–Crippen MR) is 115 cm³/mol. The first-order valence-electron chi connectivity index (χ1n) is 9.67. The third-order valence-electron chi connectivity index (χ3n) is 5.14.